The molecule has 4 aromatic rings. The molecule has 1 aliphatic heterocycles. The van der Waals surface area contributed by atoms with E-state index in [-0.39, 0.29) is 4.91 Å². The number of anilines is 1. The van der Waals surface area contributed by atoms with Gasteiger partial charge in [-0.2, -0.15) is 0 Å². The Hall–Kier alpha value is -3.70. The number of rotatable bonds is 7. The maximum Gasteiger partial charge on any atom is 0.294 e. The lowest BCUT2D eigenvalue weighted by Gasteiger charge is -2.12. The zero-order valence-corrected chi connectivity index (χ0v) is 22.8. The van der Waals surface area contributed by atoms with Crippen LogP contribution in [-0.4, -0.2) is 28.5 Å². The van der Waals surface area contributed by atoms with E-state index in [1.54, 1.807) is 6.08 Å². The number of carbonyl (C=O) groups is 3. The molecule has 9 heteroatoms. The van der Waals surface area contributed by atoms with Crippen LogP contribution in [0.1, 0.15) is 11.1 Å². The van der Waals surface area contributed by atoms with Crippen LogP contribution in [0.3, 0.4) is 0 Å². The summed E-state index contributed by atoms with van der Waals surface area (Å²) in [4.78, 5) is 38.7. The van der Waals surface area contributed by atoms with Crippen molar-refractivity contribution in [1.82, 2.24) is 4.90 Å². The average Bonchev–Trinajstić information content (AvgIpc) is 3.16. The summed E-state index contributed by atoms with van der Waals surface area (Å²) >= 11 is 2.95. The van der Waals surface area contributed by atoms with E-state index in [0.717, 1.165) is 36.7 Å². The SMILES string of the molecule is O=C(CN1C(=O)S/C(=C\c2ccc(OCc3ccc4ccccc4c3)c(I)c2)C1=O)Nc1ccc(F)cc1. The van der Waals surface area contributed by atoms with Crippen molar-refractivity contribution in [3.8, 4) is 5.75 Å². The molecule has 1 fully saturated rings. The van der Waals surface area contributed by atoms with Crippen LogP contribution in [0, 0.1) is 9.39 Å². The third-order valence-electron chi connectivity index (χ3n) is 5.77. The molecule has 6 nitrogen and oxygen atoms in total. The quantitative estimate of drug-likeness (QED) is 0.177. The first-order chi connectivity index (χ1) is 18.4. The number of hydrogen-bond acceptors (Lipinski definition) is 5. The molecule has 0 saturated carbocycles. The Labute approximate surface area is 236 Å². The fourth-order valence-corrected chi connectivity index (χ4v) is 5.41. The minimum atomic E-state index is -0.553. The van der Waals surface area contributed by atoms with Crippen LogP contribution in [0.4, 0.5) is 14.9 Å². The molecule has 1 saturated heterocycles. The third kappa shape index (κ3) is 6.05. The Kier molecular flexibility index (Phi) is 7.75. The topological polar surface area (TPSA) is 75.7 Å². The van der Waals surface area contributed by atoms with Gasteiger partial charge in [-0.15, -0.1) is 0 Å². The first-order valence-electron chi connectivity index (χ1n) is 11.6. The Morgan fingerprint density at radius 2 is 1.74 bits per heavy atom. The van der Waals surface area contributed by atoms with E-state index in [0.29, 0.717) is 18.0 Å². The standard InChI is InChI=1S/C29H20FIN2O4S/c30-22-8-10-23(11-9-22)32-27(34)16-33-28(35)26(38-29(33)36)15-18-6-12-25(24(31)14-18)37-17-19-5-7-20-3-1-2-4-21(20)13-19/h1-15H,16-17H2,(H,32,34)/b26-15-. The molecule has 190 valence electrons. The summed E-state index contributed by atoms with van der Waals surface area (Å²) in [7, 11) is 0. The second kappa shape index (κ2) is 11.4. The highest BCUT2D eigenvalue weighted by Crippen LogP contribution is 2.33. The van der Waals surface area contributed by atoms with Crippen LogP contribution in [0.5, 0.6) is 5.75 Å². The summed E-state index contributed by atoms with van der Waals surface area (Å²) in [6.07, 6.45) is 1.62. The predicted molar refractivity (Wildman–Crippen MR) is 155 cm³/mol. The Balaban J connectivity index is 1.22. The average molecular weight is 638 g/mol. The van der Waals surface area contributed by atoms with Gasteiger partial charge in [0.1, 0.15) is 24.7 Å². The maximum atomic E-state index is 13.1. The van der Waals surface area contributed by atoms with Gasteiger partial charge in [0.05, 0.1) is 8.48 Å². The van der Waals surface area contributed by atoms with Crippen LogP contribution in [-0.2, 0) is 16.2 Å². The van der Waals surface area contributed by atoms with E-state index in [1.165, 1.54) is 29.7 Å². The van der Waals surface area contributed by atoms with Gasteiger partial charge in [-0.05, 0) is 105 Å². The molecule has 1 heterocycles. The first kappa shape index (κ1) is 25.9. The fraction of sp³-hybridized carbons (Fsp3) is 0.0690. The highest BCUT2D eigenvalue weighted by atomic mass is 127. The van der Waals surface area contributed by atoms with Gasteiger partial charge in [0.25, 0.3) is 11.1 Å². The number of amides is 3. The van der Waals surface area contributed by atoms with Gasteiger partial charge in [0.15, 0.2) is 0 Å². The summed E-state index contributed by atoms with van der Waals surface area (Å²) in [5, 5.41) is 4.35. The largest absolute Gasteiger partial charge is 0.488 e. The van der Waals surface area contributed by atoms with Crippen molar-refractivity contribution in [3.63, 3.8) is 0 Å². The van der Waals surface area contributed by atoms with Gasteiger partial charge in [0, 0.05) is 5.69 Å². The molecular formula is C29H20FIN2O4S. The number of carbonyl (C=O) groups excluding carboxylic acids is 3. The number of ether oxygens (including phenoxy) is 1. The first-order valence-corrected chi connectivity index (χ1v) is 13.5. The second-order valence-electron chi connectivity index (χ2n) is 8.48. The van der Waals surface area contributed by atoms with E-state index in [9.17, 15) is 18.8 Å². The molecule has 1 aliphatic rings. The minimum absolute atomic E-state index is 0.227. The summed E-state index contributed by atoms with van der Waals surface area (Å²) < 4.78 is 19.9. The van der Waals surface area contributed by atoms with Gasteiger partial charge in [-0.1, -0.05) is 42.5 Å². The van der Waals surface area contributed by atoms with E-state index in [2.05, 4.69) is 52.2 Å². The maximum absolute atomic E-state index is 13.1. The number of thioether (sulfide) groups is 1. The number of imide groups is 1. The van der Waals surface area contributed by atoms with Crippen LogP contribution in [0.2, 0.25) is 0 Å². The fourth-order valence-electron chi connectivity index (χ4n) is 3.88. The highest BCUT2D eigenvalue weighted by molar-refractivity contribution is 14.1. The van der Waals surface area contributed by atoms with Crippen LogP contribution in [0.25, 0.3) is 16.8 Å². The van der Waals surface area contributed by atoms with Crippen LogP contribution in [0.15, 0.2) is 89.8 Å². The molecule has 0 aromatic heterocycles. The highest BCUT2D eigenvalue weighted by Gasteiger charge is 2.36. The molecule has 4 aromatic carbocycles. The molecule has 38 heavy (non-hydrogen) atoms. The number of nitrogens with zero attached hydrogens (tertiary/aromatic N) is 1. The van der Waals surface area contributed by atoms with Gasteiger partial charge in [-0.25, -0.2) is 4.39 Å². The zero-order chi connectivity index (χ0) is 26.6. The van der Waals surface area contributed by atoms with Crippen LogP contribution < -0.4 is 10.1 Å². The second-order valence-corrected chi connectivity index (χ2v) is 10.6. The lowest BCUT2D eigenvalue weighted by molar-refractivity contribution is -0.127. The van der Waals surface area contributed by atoms with Crippen LogP contribution >= 0.6 is 34.4 Å². The van der Waals surface area contributed by atoms with E-state index in [1.807, 2.05) is 36.4 Å². The smallest absolute Gasteiger partial charge is 0.294 e. The molecule has 5 rings (SSSR count). The molecule has 0 aliphatic carbocycles. The Bertz CT molecular complexity index is 1590. The van der Waals surface area contributed by atoms with Crippen molar-refractivity contribution in [2.24, 2.45) is 0 Å². The third-order valence-corrected chi connectivity index (χ3v) is 7.52. The van der Waals surface area contributed by atoms with Crippen molar-refractivity contribution in [1.29, 1.82) is 0 Å². The molecular weight excluding hydrogens is 618 g/mol. The number of hydrogen-bond donors (Lipinski definition) is 1. The number of fused-ring (bicyclic) bond motifs is 1. The van der Waals surface area contributed by atoms with E-state index < -0.39 is 29.4 Å². The molecule has 0 bridgehead atoms. The Morgan fingerprint density at radius 1 is 0.974 bits per heavy atom. The summed E-state index contributed by atoms with van der Waals surface area (Å²) in [5.74, 6) is -0.816. The number of benzene rings is 4. The van der Waals surface area contributed by atoms with Gasteiger partial charge in [-0.3, -0.25) is 19.3 Å². The zero-order valence-electron chi connectivity index (χ0n) is 19.8. The summed E-state index contributed by atoms with van der Waals surface area (Å²) in [5.41, 5.74) is 2.16. The normalized spacial score (nSPS) is 14.4. The van der Waals surface area contributed by atoms with Crippen molar-refractivity contribution in [2.45, 2.75) is 6.61 Å². The predicted octanol–water partition coefficient (Wildman–Crippen LogP) is 6.84. The summed E-state index contributed by atoms with van der Waals surface area (Å²) in [6.45, 7) is -0.0163. The van der Waals surface area contributed by atoms with Gasteiger partial charge >= 0.3 is 0 Å². The monoisotopic (exact) mass is 638 g/mol. The lowest BCUT2D eigenvalue weighted by atomic mass is 10.1. The van der Waals surface area contributed by atoms with E-state index >= 15 is 0 Å². The molecule has 0 spiro atoms. The number of nitrogens with one attached hydrogen (secondary N) is 1. The lowest BCUT2D eigenvalue weighted by Crippen LogP contribution is -2.36. The van der Waals surface area contributed by atoms with Gasteiger partial charge in [0.2, 0.25) is 5.91 Å². The van der Waals surface area contributed by atoms with Crippen molar-refractivity contribution in [3.05, 3.63) is 110 Å². The molecule has 3 amide bonds. The number of halogens is 2. The summed E-state index contributed by atoms with van der Waals surface area (Å²) in [6, 6.07) is 25.1. The minimum Gasteiger partial charge on any atom is -0.488 e. The molecule has 1 N–H and O–H groups in total. The van der Waals surface area contributed by atoms with Crippen molar-refractivity contribution in [2.75, 3.05) is 11.9 Å². The van der Waals surface area contributed by atoms with E-state index in [4.69, 9.17) is 4.74 Å². The Morgan fingerprint density at radius 3 is 2.50 bits per heavy atom. The molecule has 0 unspecified atom stereocenters. The van der Waals surface area contributed by atoms with Gasteiger partial charge < -0.3 is 10.1 Å². The van der Waals surface area contributed by atoms with Crippen molar-refractivity contribution >= 4 is 73.9 Å². The van der Waals surface area contributed by atoms with Crippen molar-refractivity contribution < 1.29 is 23.5 Å². The molecule has 0 atom stereocenters. The molecule has 0 radical (unpaired) electrons.